The first-order valence-electron chi connectivity index (χ1n) is 7.16. The molecule has 0 heterocycles. The summed E-state index contributed by atoms with van der Waals surface area (Å²) in [6.45, 7) is 6.48. The van der Waals surface area contributed by atoms with E-state index < -0.39 is 0 Å². The lowest BCUT2D eigenvalue weighted by Crippen LogP contribution is -2.25. The van der Waals surface area contributed by atoms with E-state index in [2.05, 4.69) is 24.8 Å². The van der Waals surface area contributed by atoms with Crippen molar-refractivity contribution in [3.05, 3.63) is 29.8 Å². The number of hydrogen-bond donors (Lipinski definition) is 0. The van der Waals surface area contributed by atoms with Crippen molar-refractivity contribution in [1.29, 1.82) is 0 Å². The zero-order chi connectivity index (χ0) is 14.1. The predicted molar refractivity (Wildman–Crippen MR) is 79.8 cm³/mol. The van der Waals surface area contributed by atoms with Crippen LogP contribution in [0.5, 0.6) is 0 Å². The van der Waals surface area contributed by atoms with Gasteiger partial charge in [-0.2, -0.15) is 0 Å². The molecule has 0 aliphatic carbocycles. The lowest BCUT2D eigenvalue weighted by atomic mass is 10.1. The molecule has 0 bridgehead atoms. The molecule has 0 spiro atoms. The number of benzene rings is 1. The first-order chi connectivity index (χ1) is 9.22. The summed E-state index contributed by atoms with van der Waals surface area (Å²) in [5.41, 5.74) is 1.74. The summed E-state index contributed by atoms with van der Waals surface area (Å²) < 4.78 is 4.78. The van der Waals surface area contributed by atoms with Crippen molar-refractivity contribution in [3.8, 4) is 0 Å². The number of carbonyl (C=O) groups is 1. The van der Waals surface area contributed by atoms with Crippen molar-refractivity contribution in [2.45, 2.75) is 39.5 Å². The second kappa shape index (κ2) is 8.57. The van der Waals surface area contributed by atoms with Crippen molar-refractivity contribution < 1.29 is 9.53 Å². The van der Waals surface area contributed by atoms with Gasteiger partial charge in [0, 0.05) is 18.8 Å². The van der Waals surface area contributed by atoms with Crippen LogP contribution in [-0.4, -0.2) is 26.2 Å². The summed E-state index contributed by atoms with van der Waals surface area (Å²) in [5, 5.41) is 0. The average molecular weight is 263 g/mol. The van der Waals surface area contributed by atoms with Crippen LogP contribution < -0.4 is 4.90 Å². The maximum absolute atomic E-state index is 11.6. The van der Waals surface area contributed by atoms with Crippen LogP contribution in [0.4, 0.5) is 5.69 Å². The zero-order valence-electron chi connectivity index (χ0n) is 12.3. The molecule has 19 heavy (non-hydrogen) atoms. The maximum atomic E-state index is 11.6. The molecule has 1 aromatic carbocycles. The number of unbranched alkanes of at least 4 members (excludes halogenated alkanes) is 2. The second-order valence-electron chi connectivity index (χ2n) is 4.74. The van der Waals surface area contributed by atoms with Crippen molar-refractivity contribution in [2.24, 2.45) is 0 Å². The Bertz CT molecular complexity index is 382. The molecule has 0 amide bonds. The number of carbonyl (C=O) groups excluding carboxylic acids is 1. The van der Waals surface area contributed by atoms with Crippen molar-refractivity contribution in [2.75, 3.05) is 25.1 Å². The molecule has 0 aliphatic rings. The van der Waals surface area contributed by atoms with E-state index in [0.29, 0.717) is 5.56 Å². The first-order valence-corrected chi connectivity index (χ1v) is 7.16. The van der Waals surface area contributed by atoms with Gasteiger partial charge in [0.05, 0.1) is 12.7 Å². The Labute approximate surface area is 116 Å². The largest absolute Gasteiger partial charge is 0.465 e. The van der Waals surface area contributed by atoms with Crippen LogP contribution in [0.3, 0.4) is 0 Å². The van der Waals surface area contributed by atoms with Gasteiger partial charge in [0.2, 0.25) is 0 Å². The Balaban J connectivity index is 2.84. The molecule has 3 heteroatoms. The monoisotopic (exact) mass is 263 g/mol. The third-order valence-electron chi connectivity index (χ3n) is 3.20. The summed E-state index contributed by atoms with van der Waals surface area (Å²) in [6.07, 6.45) is 4.71. The molecular formula is C16H25NO2. The van der Waals surface area contributed by atoms with Crippen molar-refractivity contribution >= 4 is 11.7 Å². The molecule has 0 aliphatic heterocycles. The van der Waals surface area contributed by atoms with Gasteiger partial charge < -0.3 is 9.64 Å². The minimum absolute atomic E-state index is 0.271. The van der Waals surface area contributed by atoms with Gasteiger partial charge in [0.1, 0.15) is 0 Å². The zero-order valence-corrected chi connectivity index (χ0v) is 12.3. The molecule has 0 radical (unpaired) electrons. The van der Waals surface area contributed by atoms with Gasteiger partial charge in [-0.05, 0) is 31.0 Å². The summed E-state index contributed by atoms with van der Waals surface area (Å²) in [7, 11) is 1.42. The van der Waals surface area contributed by atoms with Gasteiger partial charge in [-0.3, -0.25) is 0 Å². The van der Waals surface area contributed by atoms with E-state index >= 15 is 0 Å². The molecule has 0 aromatic heterocycles. The van der Waals surface area contributed by atoms with Gasteiger partial charge in [-0.1, -0.05) is 32.8 Å². The number of anilines is 1. The smallest absolute Gasteiger partial charge is 0.337 e. The third-order valence-corrected chi connectivity index (χ3v) is 3.20. The Hall–Kier alpha value is -1.51. The molecule has 0 fully saturated rings. The topological polar surface area (TPSA) is 29.5 Å². The van der Waals surface area contributed by atoms with E-state index in [1.165, 1.54) is 32.8 Å². The average Bonchev–Trinajstić information content (AvgIpc) is 2.46. The Morgan fingerprint density at radius 3 is 2.32 bits per heavy atom. The molecular weight excluding hydrogens is 238 g/mol. The van der Waals surface area contributed by atoms with E-state index in [1.54, 1.807) is 6.07 Å². The van der Waals surface area contributed by atoms with Crippen LogP contribution in [0.2, 0.25) is 0 Å². The highest BCUT2D eigenvalue weighted by atomic mass is 16.5. The van der Waals surface area contributed by atoms with Gasteiger partial charge >= 0.3 is 5.97 Å². The quantitative estimate of drug-likeness (QED) is 0.667. The molecule has 0 atom stereocenters. The second-order valence-corrected chi connectivity index (χ2v) is 4.74. The fourth-order valence-electron chi connectivity index (χ4n) is 2.02. The van der Waals surface area contributed by atoms with E-state index in [4.69, 9.17) is 4.74 Å². The van der Waals surface area contributed by atoms with E-state index in [-0.39, 0.29) is 5.97 Å². The number of nitrogens with zero attached hydrogens (tertiary/aromatic N) is 1. The number of methoxy groups -OCH3 is 1. The van der Waals surface area contributed by atoms with Crippen LogP contribution in [0.15, 0.2) is 24.3 Å². The normalized spacial score (nSPS) is 10.3. The molecule has 0 N–H and O–H groups in total. The van der Waals surface area contributed by atoms with Crippen LogP contribution in [0, 0.1) is 0 Å². The molecule has 0 saturated carbocycles. The number of ether oxygens (including phenoxy) is 1. The highest BCUT2D eigenvalue weighted by molar-refractivity contribution is 5.90. The molecule has 1 rings (SSSR count). The van der Waals surface area contributed by atoms with Gasteiger partial charge in [0.25, 0.3) is 0 Å². The van der Waals surface area contributed by atoms with Crippen LogP contribution in [-0.2, 0) is 4.74 Å². The highest BCUT2D eigenvalue weighted by Gasteiger charge is 2.10. The summed E-state index contributed by atoms with van der Waals surface area (Å²) in [5.74, 6) is -0.271. The fourth-order valence-corrected chi connectivity index (χ4v) is 2.02. The molecule has 3 nitrogen and oxygen atoms in total. The molecule has 106 valence electrons. The first kappa shape index (κ1) is 15.5. The van der Waals surface area contributed by atoms with Gasteiger partial charge in [-0.25, -0.2) is 4.79 Å². The van der Waals surface area contributed by atoms with Gasteiger partial charge in [0.15, 0.2) is 0 Å². The van der Waals surface area contributed by atoms with Crippen molar-refractivity contribution in [3.63, 3.8) is 0 Å². The van der Waals surface area contributed by atoms with Crippen LogP contribution >= 0.6 is 0 Å². The third kappa shape index (κ3) is 4.93. The maximum Gasteiger partial charge on any atom is 0.337 e. The molecule has 0 unspecified atom stereocenters. The SMILES string of the molecule is CCCCN(CCCC)c1cccc(C(=O)OC)c1. The Morgan fingerprint density at radius 2 is 1.79 bits per heavy atom. The predicted octanol–water partition coefficient (Wildman–Crippen LogP) is 3.88. The number of hydrogen-bond acceptors (Lipinski definition) is 3. The Morgan fingerprint density at radius 1 is 1.16 bits per heavy atom. The molecule has 1 aromatic rings. The number of esters is 1. The summed E-state index contributed by atoms with van der Waals surface area (Å²) in [4.78, 5) is 13.9. The summed E-state index contributed by atoms with van der Waals surface area (Å²) in [6, 6.07) is 7.72. The van der Waals surface area contributed by atoms with Crippen molar-refractivity contribution in [1.82, 2.24) is 0 Å². The fraction of sp³-hybridized carbons (Fsp3) is 0.562. The van der Waals surface area contributed by atoms with E-state index in [0.717, 1.165) is 18.8 Å². The lowest BCUT2D eigenvalue weighted by molar-refractivity contribution is 0.0601. The minimum atomic E-state index is -0.271. The van der Waals surface area contributed by atoms with Crippen LogP contribution in [0.1, 0.15) is 49.9 Å². The highest BCUT2D eigenvalue weighted by Crippen LogP contribution is 2.18. The van der Waals surface area contributed by atoms with E-state index in [9.17, 15) is 4.79 Å². The Kier molecular flexibility index (Phi) is 7.01. The summed E-state index contributed by atoms with van der Waals surface area (Å²) >= 11 is 0. The van der Waals surface area contributed by atoms with Crippen LogP contribution in [0.25, 0.3) is 0 Å². The van der Waals surface area contributed by atoms with Gasteiger partial charge in [-0.15, -0.1) is 0 Å². The number of rotatable bonds is 8. The molecule has 0 saturated heterocycles. The standard InChI is InChI=1S/C16H25NO2/c1-4-6-11-17(12-7-5-2)15-10-8-9-14(13-15)16(18)19-3/h8-10,13H,4-7,11-12H2,1-3H3. The minimum Gasteiger partial charge on any atom is -0.465 e. The van der Waals surface area contributed by atoms with E-state index in [1.807, 2.05) is 12.1 Å². The lowest BCUT2D eigenvalue weighted by Gasteiger charge is -2.25.